The van der Waals surface area contributed by atoms with Gasteiger partial charge in [-0.25, -0.2) is 4.98 Å². The maximum Gasteiger partial charge on any atom is 0.269 e. The van der Waals surface area contributed by atoms with Gasteiger partial charge in [-0.3, -0.25) is 24.8 Å². The van der Waals surface area contributed by atoms with Gasteiger partial charge < -0.3 is 0 Å². The van der Waals surface area contributed by atoms with Gasteiger partial charge in [0.2, 0.25) is 0 Å². The number of rotatable bonds is 6. The zero-order valence-corrected chi connectivity index (χ0v) is 18.4. The minimum Gasteiger partial charge on any atom is -0.278 e. The zero-order valence-electron chi connectivity index (χ0n) is 17.6. The molecule has 0 N–H and O–H groups in total. The number of carbonyl (C=O) groups is 1. The number of thiazole rings is 1. The largest absolute Gasteiger partial charge is 0.278 e. The molecule has 0 unspecified atom stereocenters. The van der Waals surface area contributed by atoms with Crippen LogP contribution in [0.15, 0.2) is 66.9 Å². The molecule has 2 aromatic carbocycles. The summed E-state index contributed by atoms with van der Waals surface area (Å²) in [4.78, 5) is 34.3. The van der Waals surface area contributed by atoms with Gasteiger partial charge in [-0.2, -0.15) is 0 Å². The van der Waals surface area contributed by atoms with E-state index in [4.69, 9.17) is 4.98 Å². The van der Waals surface area contributed by atoms with E-state index in [9.17, 15) is 14.9 Å². The lowest BCUT2D eigenvalue weighted by Crippen LogP contribution is -2.29. The van der Waals surface area contributed by atoms with Crippen LogP contribution in [0.1, 0.15) is 22.4 Å². The van der Waals surface area contributed by atoms with Crippen molar-refractivity contribution in [3.8, 4) is 0 Å². The van der Waals surface area contributed by atoms with Crippen molar-refractivity contribution < 1.29 is 9.72 Å². The fourth-order valence-electron chi connectivity index (χ4n) is 3.19. The molecule has 8 heteroatoms. The number of aromatic nitrogens is 2. The van der Waals surface area contributed by atoms with Crippen LogP contribution in [0.4, 0.5) is 10.8 Å². The summed E-state index contributed by atoms with van der Waals surface area (Å²) in [5, 5.41) is 11.4. The number of benzene rings is 2. The highest BCUT2D eigenvalue weighted by Gasteiger charge is 2.20. The van der Waals surface area contributed by atoms with Crippen LogP contribution in [0.5, 0.6) is 0 Å². The Morgan fingerprint density at radius 2 is 1.91 bits per heavy atom. The summed E-state index contributed by atoms with van der Waals surface area (Å²) in [5.74, 6) is -0.248. The molecule has 2 aromatic heterocycles. The average Bonchev–Trinajstić information content (AvgIpc) is 3.24. The van der Waals surface area contributed by atoms with Crippen molar-refractivity contribution in [3.63, 3.8) is 0 Å². The lowest BCUT2D eigenvalue weighted by Gasteiger charge is -2.17. The molecule has 0 aliphatic rings. The summed E-state index contributed by atoms with van der Waals surface area (Å²) in [6.45, 7) is 4.35. The van der Waals surface area contributed by atoms with E-state index in [1.807, 2.05) is 38.1 Å². The van der Waals surface area contributed by atoms with Gasteiger partial charge in [-0.1, -0.05) is 23.5 Å². The molecule has 4 aromatic rings. The van der Waals surface area contributed by atoms with Crippen molar-refractivity contribution in [2.75, 3.05) is 4.90 Å². The number of anilines is 1. The van der Waals surface area contributed by atoms with Crippen molar-refractivity contribution in [2.24, 2.45) is 0 Å². The number of hydrogen-bond acceptors (Lipinski definition) is 6. The van der Waals surface area contributed by atoms with Gasteiger partial charge in [0, 0.05) is 24.4 Å². The highest BCUT2D eigenvalue weighted by Crippen LogP contribution is 2.32. The summed E-state index contributed by atoms with van der Waals surface area (Å²) in [6, 6.07) is 15.7. The van der Waals surface area contributed by atoms with Crippen molar-refractivity contribution in [1.82, 2.24) is 9.97 Å². The summed E-state index contributed by atoms with van der Waals surface area (Å²) in [5.41, 5.74) is 4.58. The monoisotopic (exact) mass is 444 g/mol. The number of nitro benzene ring substituents is 1. The fourth-order valence-corrected chi connectivity index (χ4v) is 4.22. The third-order valence-electron chi connectivity index (χ3n) is 5.14. The molecule has 0 saturated carbocycles. The minimum absolute atomic E-state index is 0.00499. The van der Waals surface area contributed by atoms with E-state index in [1.54, 1.807) is 29.3 Å². The van der Waals surface area contributed by atoms with E-state index >= 15 is 0 Å². The Bertz CT molecular complexity index is 1310. The Kier molecular flexibility index (Phi) is 6.04. The molecule has 0 bridgehead atoms. The quantitative estimate of drug-likeness (QED) is 0.224. The summed E-state index contributed by atoms with van der Waals surface area (Å²) < 4.78 is 1.02. The van der Waals surface area contributed by atoms with Gasteiger partial charge >= 0.3 is 0 Å². The Hall–Kier alpha value is -3.91. The highest BCUT2D eigenvalue weighted by molar-refractivity contribution is 7.22. The first-order chi connectivity index (χ1) is 15.4. The minimum atomic E-state index is -0.454. The fraction of sp³-hybridized carbons (Fsp3) is 0.125. The molecule has 32 heavy (non-hydrogen) atoms. The molecule has 160 valence electrons. The number of non-ortho nitro benzene ring substituents is 1. The molecule has 0 aliphatic heterocycles. The molecule has 0 radical (unpaired) electrons. The van der Waals surface area contributed by atoms with E-state index in [0.717, 1.165) is 27.0 Å². The van der Waals surface area contributed by atoms with E-state index in [-0.39, 0.29) is 18.1 Å². The number of aryl methyl sites for hydroxylation is 2. The number of hydrogen-bond donors (Lipinski definition) is 0. The van der Waals surface area contributed by atoms with Crippen LogP contribution in [0, 0.1) is 24.0 Å². The van der Waals surface area contributed by atoms with Crippen molar-refractivity contribution in [3.05, 3.63) is 99.4 Å². The van der Waals surface area contributed by atoms with Gasteiger partial charge in [0.15, 0.2) is 5.13 Å². The normalized spacial score (nSPS) is 11.2. The number of fused-ring (bicyclic) bond motifs is 1. The maximum atomic E-state index is 13.2. The Morgan fingerprint density at radius 3 is 2.59 bits per heavy atom. The molecule has 0 aliphatic carbocycles. The van der Waals surface area contributed by atoms with Crippen LogP contribution in [-0.4, -0.2) is 20.8 Å². The Morgan fingerprint density at radius 1 is 1.12 bits per heavy atom. The van der Waals surface area contributed by atoms with Crippen LogP contribution >= 0.6 is 11.3 Å². The van der Waals surface area contributed by atoms with E-state index in [0.29, 0.717) is 10.7 Å². The van der Waals surface area contributed by atoms with Gasteiger partial charge in [-0.05, 0) is 66.9 Å². The highest BCUT2D eigenvalue weighted by atomic mass is 32.1. The smallest absolute Gasteiger partial charge is 0.269 e. The van der Waals surface area contributed by atoms with Gasteiger partial charge in [-0.15, -0.1) is 0 Å². The van der Waals surface area contributed by atoms with Crippen LogP contribution < -0.4 is 4.90 Å². The molecule has 4 rings (SSSR count). The zero-order chi connectivity index (χ0) is 22.7. The number of nitrogens with zero attached hydrogens (tertiary/aromatic N) is 4. The number of amides is 1. The van der Waals surface area contributed by atoms with Crippen molar-refractivity contribution in [1.29, 1.82) is 0 Å². The summed E-state index contributed by atoms with van der Waals surface area (Å²) >= 11 is 1.46. The van der Waals surface area contributed by atoms with Gasteiger partial charge in [0.25, 0.3) is 11.6 Å². The average molecular weight is 445 g/mol. The first-order valence-corrected chi connectivity index (χ1v) is 10.7. The van der Waals surface area contributed by atoms with E-state index in [1.165, 1.54) is 29.5 Å². The lowest BCUT2D eigenvalue weighted by atomic mass is 10.1. The number of nitro groups is 1. The molecule has 7 nitrogen and oxygen atoms in total. The predicted octanol–water partition coefficient (Wildman–Crippen LogP) is 5.46. The molecular weight excluding hydrogens is 424 g/mol. The Labute approximate surface area is 188 Å². The summed E-state index contributed by atoms with van der Waals surface area (Å²) in [7, 11) is 0. The lowest BCUT2D eigenvalue weighted by molar-refractivity contribution is -0.384. The molecule has 0 fully saturated rings. The second-order valence-corrected chi connectivity index (χ2v) is 8.29. The molecule has 0 atom stereocenters. The van der Waals surface area contributed by atoms with E-state index in [2.05, 4.69) is 11.1 Å². The van der Waals surface area contributed by atoms with Crippen LogP contribution in [0.2, 0.25) is 0 Å². The molecule has 0 spiro atoms. The van der Waals surface area contributed by atoms with Crippen LogP contribution in [-0.2, 0) is 11.3 Å². The van der Waals surface area contributed by atoms with E-state index < -0.39 is 4.92 Å². The van der Waals surface area contributed by atoms with Crippen molar-refractivity contribution in [2.45, 2.75) is 20.4 Å². The number of carbonyl (C=O) groups excluding carboxylic acids is 1. The van der Waals surface area contributed by atoms with Crippen molar-refractivity contribution >= 4 is 44.4 Å². The van der Waals surface area contributed by atoms with Crippen LogP contribution in [0.25, 0.3) is 16.3 Å². The first kappa shape index (κ1) is 21.3. The van der Waals surface area contributed by atoms with Gasteiger partial charge in [0.05, 0.1) is 27.4 Å². The molecule has 1 amide bonds. The molecule has 2 heterocycles. The third kappa shape index (κ3) is 4.55. The van der Waals surface area contributed by atoms with Gasteiger partial charge in [0.1, 0.15) is 0 Å². The Balaban J connectivity index is 1.66. The SMILES string of the molecule is Cc1ccc2sc(N(Cc3ccccn3)C(=O)/C=C/c3ccc([N+](=O)[O-])cc3)nc2c1C. The third-order valence-corrected chi connectivity index (χ3v) is 6.18. The second kappa shape index (κ2) is 9.07. The predicted molar refractivity (Wildman–Crippen MR) is 127 cm³/mol. The molecular formula is C24H20N4O3S. The topological polar surface area (TPSA) is 89.2 Å². The standard InChI is InChI=1S/C24H20N4O3S/c1-16-6-12-21-23(17(16)2)26-24(32-21)27(15-19-5-3-4-14-25-19)22(29)13-9-18-7-10-20(11-8-18)28(30)31/h3-14H,15H2,1-2H3/b13-9+. The molecule has 0 saturated heterocycles. The summed E-state index contributed by atoms with van der Waals surface area (Å²) in [6.07, 6.45) is 4.78. The second-order valence-electron chi connectivity index (χ2n) is 7.28. The number of pyridine rings is 1. The van der Waals surface area contributed by atoms with Crippen LogP contribution in [0.3, 0.4) is 0 Å². The first-order valence-electron chi connectivity index (χ1n) is 9.93. The maximum absolute atomic E-state index is 13.2.